The number of aliphatic carboxylic acids is 1. The normalized spacial score (nSPS) is 16.8. The van der Waals surface area contributed by atoms with Gasteiger partial charge in [0, 0.05) is 18.5 Å². The van der Waals surface area contributed by atoms with Crippen LogP contribution in [0.5, 0.6) is 5.75 Å². The van der Waals surface area contributed by atoms with Crippen LogP contribution >= 0.6 is 0 Å². The summed E-state index contributed by atoms with van der Waals surface area (Å²) in [4.78, 5) is 29.8. The van der Waals surface area contributed by atoms with Crippen LogP contribution in [0.15, 0.2) is 35.1 Å². The number of ether oxygens (including phenoxy) is 1. The zero-order valence-electron chi connectivity index (χ0n) is 13.4. The topological polar surface area (TPSA) is 92.9 Å². The summed E-state index contributed by atoms with van der Waals surface area (Å²) in [6.07, 6.45) is 3.40. The minimum absolute atomic E-state index is 0.00588. The number of carbonyl (C=O) groups is 2. The number of rotatable bonds is 4. The maximum Gasteiger partial charge on any atom is 0.331 e. The number of hydrogen-bond donors (Lipinski definition) is 1. The van der Waals surface area contributed by atoms with E-state index in [0.29, 0.717) is 23.5 Å². The average molecular weight is 330 g/mol. The number of aromatic nitrogens is 1. The molecule has 7 heteroatoms. The van der Waals surface area contributed by atoms with Gasteiger partial charge in [0.15, 0.2) is 6.04 Å². The number of carbonyl (C=O) groups excluding carboxylic acids is 1. The van der Waals surface area contributed by atoms with Crippen molar-refractivity contribution in [3.05, 3.63) is 47.7 Å². The standard InChI is InChI=1S/C17H18N2O5/c1-10(2)24-11-3-4-13(18-9-11)16(20)19-7-5-14-12(6-8-23-14)15(19)17(21)22/h3-4,6,8-10,15H,5,7H2,1-2H3,(H,21,22). The molecular weight excluding hydrogens is 312 g/mol. The van der Waals surface area contributed by atoms with Gasteiger partial charge in [0.25, 0.3) is 5.91 Å². The smallest absolute Gasteiger partial charge is 0.331 e. The first-order valence-corrected chi connectivity index (χ1v) is 7.70. The minimum Gasteiger partial charge on any atom is -0.489 e. The Hall–Kier alpha value is -2.83. The number of hydrogen-bond acceptors (Lipinski definition) is 5. The van der Waals surface area contributed by atoms with Crippen LogP contribution < -0.4 is 4.74 Å². The van der Waals surface area contributed by atoms with Crippen molar-refractivity contribution < 1.29 is 23.8 Å². The van der Waals surface area contributed by atoms with Gasteiger partial charge in [-0.3, -0.25) is 4.79 Å². The fourth-order valence-corrected chi connectivity index (χ4v) is 2.80. The summed E-state index contributed by atoms with van der Waals surface area (Å²) < 4.78 is 10.8. The maximum absolute atomic E-state index is 12.7. The van der Waals surface area contributed by atoms with Crippen LogP contribution in [0.3, 0.4) is 0 Å². The van der Waals surface area contributed by atoms with Crippen molar-refractivity contribution in [2.45, 2.75) is 32.4 Å². The summed E-state index contributed by atoms with van der Waals surface area (Å²) in [7, 11) is 0. The van der Waals surface area contributed by atoms with Crippen LogP contribution in [-0.4, -0.2) is 39.5 Å². The van der Waals surface area contributed by atoms with Gasteiger partial charge in [-0.1, -0.05) is 0 Å². The number of furan rings is 1. The Morgan fingerprint density at radius 2 is 2.17 bits per heavy atom. The largest absolute Gasteiger partial charge is 0.489 e. The second-order valence-corrected chi connectivity index (χ2v) is 5.83. The first-order chi connectivity index (χ1) is 11.5. The number of fused-ring (bicyclic) bond motifs is 1. The Bertz CT molecular complexity index is 751. The lowest BCUT2D eigenvalue weighted by atomic mass is 9.99. The molecule has 1 amide bonds. The number of carboxylic acids is 1. The van der Waals surface area contributed by atoms with Crippen molar-refractivity contribution in [3.8, 4) is 5.75 Å². The molecule has 2 aromatic rings. The molecule has 2 aromatic heterocycles. The van der Waals surface area contributed by atoms with Crippen molar-refractivity contribution >= 4 is 11.9 Å². The molecule has 0 radical (unpaired) electrons. The van der Waals surface area contributed by atoms with Crippen molar-refractivity contribution in [3.63, 3.8) is 0 Å². The monoisotopic (exact) mass is 330 g/mol. The van der Waals surface area contributed by atoms with Gasteiger partial charge in [0.05, 0.1) is 18.6 Å². The molecule has 0 saturated heterocycles. The second-order valence-electron chi connectivity index (χ2n) is 5.83. The Kier molecular flexibility index (Phi) is 4.24. The first kappa shape index (κ1) is 16.0. The Morgan fingerprint density at radius 1 is 1.38 bits per heavy atom. The molecule has 1 atom stereocenters. The Balaban J connectivity index is 1.85. The van der Waals surface area contributed by atoms with E-state index in [1.165, 1.54) is 17.4 Å². The fraction of sp³-hybridized carbons (Fsp3) is 0.353. The number of carboxylic acid groups (broad SMARTS) is 1. The highest BCUT2D eigenvalue weighted by Crippen LogP contribution is 2.31. The van der Waals surface area contributed by atoms with E-state index in [4.69, 9.17) is 9.15 Å². The van der Waals surface area contributed by atoms with E-state index in [-0.39, 0.29) is 18.3 Å². The zero-order valence-corrected chi connectivity index (χ0v) is 13.4. The molecule has 0 aliphatic carbocycles. The van der Waals surface area contributed by atoms with Gasteiger partial charge in [-0.25, -0.2) is 9.78 Å². The molecule has 24 heavy (non-hydrogen) atoms. The first-order valence-electron chi connectivity index (χ1n) is 7.70. The quantitative estimate of drug-likeness (QED) is 0.924. The predicted octanol–water partition coefficient (Wildman–Crippen LogP) is 2.29. The fourth-order valence-electron chi connectivity index (χ4n) is 2.80. The van der Waals surface area contributed by atoms with Crippen LogP contribution in [0.4, 0.5) is 0 Å². The van der Waals surface area contributed by atoms with Gasteiger partial charge in [-0.15, -0.1) is 0 Å². The van der Waals surface area contributed by atoms with Gasteiger partial charge in [-0.05, 0) is 32.0 Å². The van der Waals surface area contributed by atoms with Crippen LogP contribution in [0, 0.1) is 0 Å². The molecule has 0 aromatic carbocycles. The lowest BCUT2D eigenvalue weighted by molar-refractivity contribution is -0.143. The van der Waals surface area contributed by atoms with Crippen LogP contribution in [-0.2, 0) is 11.2 Å². The molecule has 3 rings (SSSR count). The van der Waals surface area contributed by atoms with Crippen molar-refractivity contribution in [2.24, 2.45) is 0 Å². The molecule has 0 saturated carbocycles. The number of amides is 1. The lowest BCUT2D eigenvalue weighted by Crippen LogP contribution is -2.43. The molecule has 126 valence electrons. The summed E-state index contributed by atoms with van der Waals surface area (Å²) in [6, 6.07) is 3.74. The van der Waals surface area contributed by atoms with Gasteiger partial charge in [-0.2, -0.15) is 0 Å². The SMILES string of the molecule is CC(C)Oc1ccc(C(=O)N2CCc3occc3C2C(=O)O)nc1. The maximum atomic E-state index is 12.7. The molecule has 1 N–H and O–H groups in total. The highest BCUT2D eigenvalue weighted by Gasteiger charge is 2.38. The Labute approximate surface area is 138 Å². The lowest BCUT2D eigenvalue weighted by Gasteiger charge is -2.32. The zero-order chi connectivity index (χ0) is 17.3. The predicted molar refractivity (Wildman–Crippen MR) is 83.8 cm³/mol. The van der Waals surface area contributed by atoms with E-state index in [9.17, 15) is 14.7 Å². The molecule has 1 unspecified atom stereocenters. The molecule has 1 aliphatic heterocycles. The minimum atomic E-state index is -1.09. The summed E-state index contributed by atoms with van der Waals surface area (Å²) in [5.41, 5.74) is 0.700. The van der Waals surface area contributed by atoms with Crippen molar-refractivity contribution in [1.82, 2.24) is 9.88 Å². The molecule has 1 aliphatic rings. The van der Waals surface area contributed by atoms with E-state index in [2.05, 4.69) is 4.98 Å². The van der Waals surface area contributed by atoms with Gasteiger partial charge in [0.2, 0.25) is 0 Å². The third kappa shape index (κ3) is 2.97. The third-order valence-corrected chi connectivity index (χ3v) is 3.79. The summed E-state index contributed by atoms with van der Waals surface area (Å²) in [6.45, 7) is 4.06. The van der Waals surface area contributed by atoms with Crippen LogP contribution in [0.1, 0.15) is 41.7 Å². The van der Waals surface area contributed by atoms with Crippen LogP contribution in [0.25, 0.3) is 0 Å². The van der Waals surface area contributed by atoms with E-state index >= 15 is 0 Å². The summed E-state index contributed by atoms with van der Waals surface area (Å²) in [5, 5.41) is 9.54. The van der Waals surface area contributed by atoms with E-state index in [1.54, 1.807) is 18.2 Å². The summed E-state index contributed by atoms with van der Waals surface area (Å²) in [5.74, 6) is -0.344. The Morgan fingerprint density at radius 3 is 2.79 bits per heavy atom. The van der Waals surface area contributed by atoms with E-state index in [0.717, 1.165) is 0 Å². The van der Waals surface area contributed by atoms with Crippen molar-refractivity contribution in [1.29, 1.82) is 0 Å². The third-order valence-electron chi connectivity index (χ3n) is 3.79. The number of nitrogens with zero attached hydrogens (tertiary/aromatic N) is 2. The second kappa shape index (κ2) is 6.35. The van der Waals surface area contributed by atoms with Gasteiger partial charge in [0.1, 0.15) is 17.2 Å². The molecule has 0 fully saturated rings. The van der Waals surface area contributed by atoms with Crippen LogP contribution in [0.2, 0.25) is 0 Å². The van der Waals surface area contributed by atoms with E-state index in [1.807, 2.05) is 13.8 Å². The van der Waals surface area contributed by atoms with Crippen molar-refractivity contribution in [2.75, 3.05) is 6.54 Å². The highest BCUT2D eigenvalue weighted by molar-refractivity contribution is 5.95. The average Bonchev–Trinajstić information content (AvgIpc) is 3.01. The molecular formula is C17H18N2O5. The van der Waals surface area contributed by atoms with Gasteiger partial charge < -0.3 is 19.2 Å². The van der Waals surface area contributed by atoms with Gasteiger partial charge >= 0.3 is 5.97 Å². The summed E-state index contributed by atoms with van der Waals surface area (Å²) >= 11 is 0. The molecule has 7 nitrogen and oxygen atoms in total. The molecule has 0 bridgehead atoms. The molecule has 0 spiro atoms. The number of pyridine rings is 1. The van der Waals surface area contributed by atoms with E-state index < -0.39 is 17.9 Å². The highest BCUT2D eigenvalue weighted by atomic mass is 16.5. The molecule has 3 heterocycles.